The summed E-state index contributed by atoms with van der Waals surface area (Å²) in [5.74, 6) is 0. The summed E-state index contributed by atoms with van der Waals surface area (Å²) in [5.41, 5.74) is 1.94. The van der Waals surface area contributed by atoms with E-state index in [0.717, 1.165) is 11.3 Å². The molecule has 0 aromatic heterocycles. The summed E-state index contributed by atoms with van der Waals surface area (Å²) in [5, 5.41) is 3.15. The lowest BCUT2D eigenvalue weighted by molar-refractivity contribution is 1.16. The Labute approximate surface area is 57.9 Å². The number of allylic oxidation sites excluding steroid dienone is 1. The minimum absolute atomic E-state index is 0.453. The Morgan fingerprint density at radius 1 is 1.33 bits per heavy atom. The Balaban J connectivity index is 3.65. The highest BCUT2D eigenvalue weighted by Crippen LogP contribution is 1.98. The normalized spacial score (nSPS) is 8.33. The van der Waals surface area contributed by atoms with Gasteiger partial charge in [0.2, 0.25) is 6.85 Å². The molecular formula is C7H14BN. The molecule has 2 heteroatoms. The first-order chi connectivity index (χ1) is 4.04. The summed E-state index contributed by atoms with van der Waals surface area (Å²) in [6.07, 6.45) is 0. The van der Waals surface area contributed by atoms with E-state index in [0.29, 0.717) is 6.85 Å². The molecule has 0 aromatic rings. The van der Waals surface area contributed by atoms with Crippen molar-refractivity contribution in [3.05, 3.63) is 24.4 Å². The van der Waals surface area contributed by atoms with Gasteiger partial charge in [-0.05, 0) is 12.5 Å². The first-order valence-corrected chi connectivity index (χ1v) is 3.15. The third-order valence-corrected chi connectivity index (χ3v) is 0.978. The second-order valence-corrected chi connectivity index (χ2v) is 2.56. The molecule has 0 aliphatic rings. The predicted molar refractivity (Wildman–Crippen MR) is 44.6 cm³/mol. The smallest absolute Gasteiger partial charge is 0.245 e. The van der Waals surface area contributed by atoms with Crippen LogP contribution >= 0.6 is 0 Å². The fourth-order valence-electron chi connectivity index (χ4n) is 0.472. The molecule has 0 spiro atoms. The lowest BCUT2D eigenvalue weighted by Crippen LogP contribution is -2.26. The Morgan fingerprint density at radius 3 is 1.89 bits per heavy atom. The molecule has 0 aliphatic carbocycles. The van der Waals surface area contributed by atoms with Crippen molar-refractivity contribution < 1.29 is 0 Å². The zero-order chi connectivity index (χ0) is 7.44. The fourth-order valence-corrected chi connectivity index (χ4v) is 0.472. The highest BCUT2D eigenvalue weighted by Gasteiger charge is 1.98. The van der Waals surface area contributed by atoms with Crippen LogP contribution in [-0.4, -0.2) is 6.85 Å². The average molecular weight is 123 g/mol. The van der Waals surface area contributed by atoms with Gasteiger partial charge >= 0.3 is 0 Å². The van der Waals surface area contributed by atoms with Crippen LogP contribution < -0.4 is 5.23 Å². The Bertz CT molecular complexity index is 127. The molecule has 0 bridgehead atoms. The van der Waals surface area contributed by atoms with Crippen molar-refractivity contribution in [2.75, 3.05) is 0 Å². The molecule has 0 radical (unpaired) electrons. The first-order valence-electron chi connectivity index (χ1n) is 3.15. The lowest BCUT2D eigenvalue weighted by atomic mass is 9.68. The van der Waals surface area contributed by atoms with Gasteiger partial charge in [-0.3, -0.25) is 0 Å². The molecule has 0 amide bonds. The maximum atomic E-state index is 3.78. The summed E-state index contributed by atoms with van der Waals surface area (Å²) in [6, 6.07) is 0. The quantitative estimate of drug-likeness (QED) is 0.446. The van der Waals surface area contributed by atoms with E-state index in [1.807, 2.05) is 6.92 Å². The van der Waals surface area contributed by atoms with Crippen LogP contribution in [0.4, 0.5) is 0 Å². The summed E-state index contributed by atoms with van der Waals surface area (Å²) in [7, 11) is 0. The van der Waals surface area contributed by atoms with Crippen molar-refractivity contribution in [2.45, 2.75) is 20.6 Å². The Morgan fingerprint density at radius 2 is 1.78 bits per heavy atom. The standard InChI is InChI=1S/C7H14BN/c1-6(2)7(3)9-8(4)5/h9H,1,3H2,2,4-5H3. The van der Waals surface area contributed by atoms with Crippen LogP contribution in [0.2, 0.25) is 13.6 Å². The van der Waals surface area contributed by atoms with Crippen LogP contribution in [0.3, 0.4) is 0 Å². The number of hydrogen-bond acceptors (Lipinski definition) is 1. The van der Waals surface area contributed by atoms with E-state index in [2.05, 4.69) is 32.0 Å². The third kappa shape index (κ3) is 3.89. The molecule has 0 atom stereocenters. The van der Waals surface area contributed by atoms with E-state index in [1.165, 1.54) is 0 Å². The number of nitrogens with one attached hydrogen (secondary N) is 1. The van der Waals surface area contributed by atoms with Crippen molar-refractivity contribution in [2.24, 2.45) is 0 Å². The Kier molecular flexibility index (Phi) is 3.14. The maximum absolute atomic E-state index is 3.78. The van der Waals surface area contributed by atoms with Gasteiger partial charge in [0.1, 0.15) is 0 Å². The molecule has 0 heterocycles. The van der Waals surface area contributed by atoms with E-state index in [1.54, 1.807) is 0 Å². The van der Waals surface area contributed by atoms with Gasteiger partial charge < -0.3 is 5.23 Å². The molecule has 0 aliphatic heterocycles. The van der Waals surface area contributed by atoms with Gasteiger partial charge in [0.15, 0.2) is 0 Å². The van der Waals surface area contributed by atoms with Gasteiger partial charge in [-0.2, -0.15) is 0 Å². The van der Waals surface area contributed by atoms with Crippen LogP contribution in [0.5, 0.6) is 0 Å². The molecule has 0 saturated heterocycles. The summed E-state index contributed by atoms with van der Waals surface area (Å²) < 4.78 is 0. The SMILES string of the molecule is C=C(C)C(=C)NB(C)C. The maximum Gasteiger partial charge on any atom is 0.245 e. The monoisotopic (exact) mass is 123 g/mol. The minimum atomic E-state index is 0.453. The summed E-state index contributed by atoms with van der Waals surface area (Å²) in [4.78, 5) is 0. The van der Waals surface area contributed by atoms with E-state index in [9.17, 15) is 0 Å². The van der Waals surface area contributed by atoms with E-state index < -0.39 is 0 Å². The third-order valence-electron chi connectivity index (χ3n) is 0.978. The summed E-state index contributed by atoms with van der Waals surface area (Å²) >= 11 is 0. The van der Waals surface area contributed by atoms with E-state index >= 15 is 0 Å². The first kappa shape index (κ1) is 8.34. The molecule has 0 rings (SSSR count). The van der Waals surface area contributed by atoms with Gasteiger partial charge in [-0.15, -0.1) is 0 Å². The van der Waals surface area contributed by atoms with Crippen LogP contribution in [0.25, 0.3) is 0 Å². The second-order valence-electron chi connectivity index (χ2n) is 2.56. The Hall–Kier alpha value is -0.655. The summed E-state index contributed by atoms with van der Waals surface area (Å²) in [6.45, 7) is 14.1. The van der Waals surface area contributed by atoms with Crippen molar-refractivity contribution in [1.29, 1.82) is 0 Å². The fraction of sp³-hybridized carbons (Fsp3) is 0.429. The number of hydrogen-bond donors (Lipinski definition) is 1. The largest absolute Gasteiger partial charge is 0.428 e. The second kappa shape index (κ2) is 3.39. The predicted octanol–water partition coefficient (Wildman–Crippen LogP) is 1.92. The van der Waals surface area contributed by atoms with Crippen LogP contribution in [-0.2, 0) is 0 Å². The molecule has 1 nitrogen and oxygen atoms in total. The van der Waals surface area contributed by atoms with E-state index in [4.69, 9.17) is 0 Å². The lowest BCUT2D eigenvalue weighted by Gasteiger charge is -2.09. The minimum Gasteiger partial charge on any atom is -0.428 e. The zero-order valence-electron chi connectivity index (χ0n) is 6.49. The van der Waals surface area contributed by atoms with Gasteiger partial charge in [0.05, 0.1) is 0 Å². The number of rotatable bonds is 3. The molecule has 0 aromatic carbocycles. The highest BCUT2D eigenvalue weighted by molar-refractivity contribution is 6.53. The van der Waals surface area contributed by atoms with Crippen molar-refractivity contribution in [1.82, 2.24) is 5.23 Å². The van der Waals surface area contributed by atoms with Gasteiger partial charge in [0, 0.05) is 5.70 Å². The zero-order valence-corrected chi connectivity index (χ0v) is 6.49. The van der Waals surface area contributed by atoms with Crippen LogP contribution in [0.15, 0.2) is 24.4 Å². The van der Waals surface area contributed by atoms with Crippen LogP contribution in [0.1, 0.15) is 6.92 Å². The van der Waals surface area contributed by atoms with Gasteiger partial charge in [-0.25, -0.2) is 0 Å². The molecule has 1 N–H and O–H groups in total. The van der Waals surface area contributed by atoms with Crippen LogP contribution in [0, 0.1) is 0 Å². The molecule has 50 valence electrons. The van der Waals surface area contributed by atoms with Crippen molar-refractivity contribution >= 4 is 6.85 Å². The average Bonchev–Trinajstić information content (AvgIpc) is 1.63. The van der Waals surface area contributed by atoms with Gasteiger partial charge in [-0.1, -0.05) is 26.8 Å². The van der Waals surface area contributed by atoms with Crippen molar-refractivity contribution in [3.8, 4) is 0 Å². The molecule has 0 saturated carbocycles. The molecule has 9 heavy (non-hydrogen) atoms. The molecule has 0 fully saturated rings. The molecular weight excluding hydrogens is 109 g/mol. The molecule has 0 unspecified atom stereocenters. The van der Waals surface area contributed by atoms with Crippen molar-refractivity contribution in [3.63, 3.8) is 0 Å². The highest BCUT2D eigenvalue weighted by atomic mass is 14.8. The topological polar surface area (TPSA) is 12.0 Å². The van der Waals surface area contributed by atoms with Gasteiger partial charge in [0.25, 0.3) is 0 Å². The van der Waals surface area contributed by atoms with E-state index in [-0.39, 0.29) is 0 Å².